The first kappa shape index (κ1) is 35.7. The number of aromatic carboxylic acids is 1. The second kappa shape index (κ2) is 14.7. The summed E-state index contributed by atoms with van der Waals surface area (Å²) in [5.74, 6) is 6.37. The lowest BCUT2D eigenvalue weighted by atomic mass is 9.82. The van der Waals surface area contributed by atoms with Crippen molar-refractivity contribution in [2.24, 2.45) is 17.3 Å². The summed E-state index contributed by atoms with van der Waals surface area (Å²) in [6.07, 6.45) is 5.58. The molecule has 4 rings (SSSR count). The van der Waals surface area contributed by atoms with E-state index in [1.54, 1.807) is 15.9 Å². The first-order valence-corrected chi connectivity index (χ1v) is 17.6. The third kappa shape index (κ3) is 9.66. The Morgan fingerprint density at radius 1 is 0.935 bits per heavy atom. The zero-order valence-corrected chi connectivity index (χ0v) is 29.6. The van der Waals surface area contributed by atoms with Crippen LogP contribution in [0, 0.1) is 29.1 Å². The number of ether oxygens (including phenoxy) is 2. The van der Waals surface area contributed by atoms with Crippen LogP contribution in [0.25, 0.3) is 0 Å². The van der Waals surface area contributed by atoms with Gasteiger partial charge in [-0.3, -0.25) is 4.79 Å². The second-order valence-corrected chi connectivity index (χ2v) is 16.2. The SMILES string of the molecule is C=C(OC(C)(C)C)N1CCC(OC(=O)N2CCC(N(C(=O)C3CCC(C)CC3)c3cc(C#CC(C)(C)C)sc3C(=O)O)CC2)CC1. The van der Waals surface area contributed by atoms with E-state index in [4.69, 9.17) is 9.47 Å². The van der Waals surface area contributed by atoms with Crippen molar-refractivity contribution in [1.29, 1.82) is 0 Å². The fraction of sp³-hybridized carbons (Fsp3) is 0.694. The fourth-order valence-corrected chi connectivity index (χ4v) is 7.23. The number of nitrogens with zero attached hydrogens (tertiary/aromatic N) is 3. The van der Waals surface area contributed by atoms with E-state index in [-0.39, 0.29) is 46.0 Å². The number of hydrogen-bond donors (Lipinski definition) is 1. The molecule has 0 bridgehead atoms. The molecule has 0 unspecified atom stereocenters. The van der Waals surface area contributed by atoms with Crippen molar-refractivity contribution in [3.8, 4) is 11.8 Å². The number of rotatable bonds is 7. The van der Waals surface area contributed by atoms with Crippen molar-refractivity contribution in [2.75, 3.05) is 31.1 Å². The van der Waals surface area contributed by atoms with Crippen molar-refractivity contribution in [3.63, 3.8) is 0 Å². The van der Waals surface area contributed by atoms with Crippen LogP contribution in [-0.2, 0) is 14.3 Å². The van der Waals surface area contributed by atoms with Crippen LogP contribution in [0.2, 0.25) is 0 Å². The minimum atomic E-state index is -1.06. The van der Waals surface area contributed by atoms with E-state index in [0.29, 0.717) is 74.2 Å². The Kier molecular flexibility index (Phi) is 11.4. The molecule has 2 saturated heterocycles. The number of carboxylic acid groups (broad SMARTS) is 1. The Labute approximate surface area is 279 Å². The number of hydrogen-bond acceptors (Lipinski definition) is 7. The van der Waals surface area contributed by atoms with Gasteiger partial charge in [-0.15, -0.1) is 11.3 Å². The number of carbonyl (C=O) groups excluding carboxylic acids is 2. The van der Waals surface area contributed by atoms with Crippen molar-refractivity contribution in [2.45, 2.75) is 118 Å². The van der Waals surface area contributed by atoms with Crippen molar-refractivity contribution in [3.05, 3.63) is 28.3 Å². The van der Waals surface area contributed by atoms with E-state index >= 15 is 0 Å². The maximum Gasteiger partial charge on any atom is 0.410 e. The molecule has 0 atom stereocenters. The van der Waals surface area contributed by atoms with Gasteiger partial charge in [0.05, 0.1) is 10.6 Å². The van der Waals surface area contributed by atoms with E-state index in [9.17, 15) is 19.5 Å². The molecule has 1 N–H and O–H groups in total. The van der Waals surface area contributed by atoms with E-state index in [1.165, 1.54) is 0 Å². The van der Waals surface area contributed by atoms with Gasteiger partial charge in [-0.1, -0.05) is 18.8 Å². The standard InChI is InChI=1S/C36H53N3O6S/c1-24-9-11-26(12-10-24)32(40)39(30-23-29(13-18-35(3,4)5)46-31(30)33(41)42)27-14-19-38(20-15-27)34(43)44-28-16-21-37(22-17-28)25(2)45-36(6,7)8/h23-24,26-28H,2,9-12,14-17,19-22H2,1,3-8H3,(H,41,42). The molecule has 3 aliphatic rings. The van der Waals surface area contributed by atoms with Crippen LogP contribution in [0.15, 0.2) is 18.5 Å². The Balaban J connectivity index is 1.44. The quantitative estimate of drug-likeness (QED) is 0.242. The van der Waals surface area contributed by atoms with Gasteiger partial charge >= 0.3 is 12.1 Å². The van der Waals surface area contributed by atoms with Gasteiger partial charge in [0.1, 0.15) is 16.6 Å². The maximum absolute atomic E-state index is 14.2. The molecular weight excluding hydrogens is 602 g/mol. The summed E-state index contributed by atoms with van der Waals surface area (Å²) in [5.41, 5.74) is -0.123. The fourth-order valence-electron chi connectivity index (χ4n) is 6.39. The zero-order chi connectivity index (χ0) is 33.8. The molecule has 1 aliphatic carbocycles. The summed E-state index contributed by atoms with van der Waals surface area (Å²) in [7, 11) is 0. The minimum Gasteiger partial charge on any atom is -0.477 e. The predicted octanol–water partition coefficient (Wildman–Crippen LogP) is 7.35. The molecule has 10 heteroatoms. The molecule has 254 valence electrons. The lowest BCUT2D eigenvalue weighted by Gasteiger charge is -2.41. The van der Waals surface area contributed by atoms with Crippen molar-refractivity contribution >= 4 is 35.0 Å². The number of amides is 2. The molecule has 0 aromatic carbocycles. The molecule has 3 fully saturated rings. The van der Waals surface area contributed by atoms with Gasteiger partial charge in [0, 0.05) is 56.4 Å². The van der Waals surface area contributed by atoms with Gasteiger partial charge in [-0.25, -0.2) is 9.59 Å². The van der Waals surface area contributed by atoms with Crippen LogP contribution in [0.1, 0.15) is 114 Å². The molecule has 0 spiro atoms. The van der Waals surface area contributed by atoms with E-state index in [0.717, 1.165) is 37.0 Å². The summed E-state index contributed by atoms with van der Waals surface area (Å²) in [4.78, 5) is 46.2. The highest BCUT2D eigenvalue weighted by Crippen LogP contribution is 2.38. The summed E-state index contributed by atoms with van der Waals surface area (Å²) in [6, 6.07) is 1.56. The summed E-state index contributed by atoms with van der Waals surface area (Å²) < 4.78 is 11.8. The maximum atomic E-state index is 14.2. The first-order valence-electron chi connectivity index (χ1n) is 16.8. The average Bonchev–Trinajstić information content (AvgIpc) is 3.40. The van der Waals surface area contributed by atoms with Gasteiger partial charge in [0.15, 0.2) is 5.88 Å². The molecule has 46 heavy (non-hydrogen) atoms. The van der Waals surface area contributed by atoms with E-state index in [2.05, 4.69) is 30.2 Å². The molecule has 3 heterocycles. The topological polar surface area (TPSA) is 99.6 Å². The Hall–Kier alpha value is -3.19. The predicted molar refractivity (Wildman–Crippen MR) is 182 cm³/mol. The molecule has 2 amide bonds. The summed E-state index contributed by atoms with van der Waals surface area (Å²) >= 11 is 1.13. The van der Waals surface area contributed by atoms with Crippen LogP contribution in [-0.4, -0.2) is 76.8 Å². The Morgan fingerprint density at radius 2 is 1.52 bits per heavy atom. The largest absolute Gasteiger partial charge is 0.477 e. The number of thiophene rings is 1. The van der Waals surface area contributed by atoms with Gasteiger partial charge < -0.3 is 29.3 Å². The highest BCUT2D eigenvalue weighted by molar-refractivity contribution is 7.15. The van der Waals surface area contributed by atoms with Crippen LogP contribution >= 0.6 is 11.3 Å². The zero-order valence-electron chi connectivity index (χ0n) is 28.8. The Morgan fingerprint density at radius 3 is 2.07 bits per heavy atom. The highest BCUT2D eigenvalue weighted by Gasteiger charge is 2.38. The summed E-state index contributed by atoms with van der Waals surface area (Å²) in [5, 5.41) is 10.2. The van der Waals surface area contributed by atoms with E-state index < -0.39 is 5.97 Å². The lowest BCUT2D eigenvalue weighted by Crippen LogP contribution is -2.51. The number of carboxylic acids is 1. The normalized spacial score (nSPS) is 21.6. The van der Waals surface area contributed by atoms with Crippen LogP contribution in [0.5, 0.6) is 0 Å². The first-order chi connectivity index (χ1) is 21.5. The summed E-state index contributed by atoms with van der Waals surface area (Å²) in [6.45, 7) is 20.6. The molecule has 1 aromatic rings. The van der Waals surface area contributed by atoms with Gasteiger partial charge in [0.2, 0.25) is 5.91 Å². The molecule has 0 radical (unpaired) electrons. The smallest absolute Gasteiger partial charge is 0.410 e. The molecule has 1 saturated carbocycles. The van der Waals surface area contributed by atoms with Crippen molar-refractivity contribution < 1.29 is 29.0 Å². The van der Waals surface area contributed by atoms with Crippen LogP contribution in [0.4, 0.5) is 10.5 Å². The van der Waals surface area contributed by atoms with Crippen LogP contribution < -0.4 is 4.90 Å². The molecule has 2 aliphatic heterocycles. The third-order valence-corrected chi connectivity index (χ3v) is 9.93. The van der Waals surface area contributed by atoms with Gasteiger partial charge in [0.25, 0.3) is 0 Å². The molecule has 1 aromatic heterocycles. The minimum absolute atomic E-state index is 0.00709. The second-order valence-electron chi connectivity index (χ2n) is 15.2. The molecular formula is C36H53N3O6S. The van der Waals surface area contributed by atoms with Gasteiger partial charge in [-0.2, -0.15) is 0 Å². The highest BCUT2D eigenvalue weighted by atomic mass is 32.1. The average molecular weight is 656 g/mol. The lowest BCUT2D eigenvalue weighted by molar-refractivity contribution is -0.124. The monoisotopic (exact) mass is 655 g/mol. The van der Waals surface area contributed by atoms with E-state index in [1.807, 2.05) is 41.5 Å². The van der Waals surface area contributed by atoms with Crippen LogP contribution in [0.3, 0.4) is 0 Å². The number of anilines is 1. The number of likely N-dealkylation sites (tertiary alicyclic amines) is 2. The molecule has 9 nitrogen and oxygen atoms in total. The van der Waals surface area contributed by atoms with Gasteiger partial charge in [-0.05, 0) is 98.6 Å². The third-order valence-electron chi connectivity index (χ3n) is 8.90. The number of piperidine rings is 2. The Bertz CT molecular complexity index is 1320. The number of carbonyl (C=O) groups is 3. The van der Waals surface area contributed by atoms with Crippen molar-refractivity contribution in [1.82, 2.24) is 9.80 Å².